The first kappa shape index (κ1) is 17.3. The van der Waals surface area contributed by atoms with E-state index in [9.17, 15) is 0 Å². The summed E-state index contributed by atoms with van der Waals surface area (Å²) in [4.78, 5) is 0. The number of aliphatic hydroxyl groups excluding tert-OH is 1. The van der Waals surface area contributed by atoms with Gasteiger partial charge in [-0.1, -0.05) is 18.2 Å². The molecule has 18 heavy (non-hydrogen) atoms. The Labute approximate surface area is 110 Å². The van der Waals surface area contributed by atoms with E-state index in [-0.39, 0.29) is 6.61 Å². The molecule has 1 N–H and O–H groups in total. The molecular weight excluding hydrogens is 232 g/mol. The standard InChI is InChI=1S/C14H26O4/c1-2-3-4-5-6-7-9-16-11-13-18-14-12-17-10-8-15/h2,6-7,15H,1,3-5,8-14H2. The highest BCUT2D eigenvalue weighted by Crippen LogP contribution is 1.96. The van der Waals surface area contributed by atoms with Crippen LogP contribution in [-0.2, 0) is 14.2 Å². The molecule has 0 saturated heterocycles. The van der Waals surface area contributed by atoms with Crippen LogP contribution in [-0.4, -0.2) is 51.4 Å². The Morgan fingerprint density at radius 2 is 1.50 bits per heavy atom. The van der Waals surface area contributed by atoms with Gasteiger partial charge in [0.05, 0.1) is 46.2 Å². The van der Waals surface area contributed by atoms with Gasteiger partial charge in [0.25, 0.3) is 0 Å². The van der Waals surface area contributed by atoms with Gasteiger partial charge in [-0.3, -0.25) is 0 Å². The average Bonchev–Trinajstić information content (AvgIpc) is 2.39. The predicted octanol–water partition coefficient (Wildman–Crippen LogP) is 1.94. The molecule has 0 bridgehead atoms. The summed E-state index contributed by atoms with van der Waals surface area (Å²) < 4.78 is 15.7. The third-order valence-electron chi connectivity index (χ3n) is 2.14. The molecule has 0 fully saturated rings. The van der Waals surface area contributed by atoms with Crippen LogP contribution in [0.1, 0.15) is 19.3 Å². The summed E-state index contributed by atoms with van der Waals surface area (Å²) in [6, 6.07) is 0. The van der Waals surface area contributed by atoms with E-state index >= 15 is 0 Å². The van der Waals surface area contributed by atoms with E-state index in [1.54, 1.807) is 0 Å². The highest BCUT2D eigenvalue weighted by Gasteiger charge is 1.89. The molecule has 0 aliphatic carbocycles. The summed E-state index contributed by atoms with van der Waals surface area (Å²) in [5.74, 6) is 0. The number of allylic oxidation sites excluding steroid dienone is 2. The summed E-state index contributed by atoms with van der Waals surface area (Å²) in [6.07, 6.45) is 9.40. The fourth-order valence-electron chi connectivity index (χ4n) is 1.22. The molecule has 0 aliphatic rings. The van der Waals surface area contributed by atoms with Gasteiger partial charge in [0.15, 0.2) is 0 Å². The van der Waals surface area contributed by atoms with Crippen LogP contribution in [0.5, 0.6) is 0 Å². The van der Waals surface area contributed by atoms with Crippen molar-refractivity contribution in [3.05, 3.63) is 24.8 Å². The third-order valence-corrected chi connectivity index (χ3v) is 2.14. The zero-order valence-corrected chi connectivity index (χ0v) is 11.2. The van der Waals surface area contributed by atoms with Crippen molar-refractivity contribution in [1.82, 2.24) is 0 Å². The van der Waals surface area contributed by atoms with Crippen molar-refractivity contribution in [3.63, 3.8) is 0 Å². The smallest absolute Gasteiger partial charge is 0.0704 e. The number of hydrogen-bond donors (Lipinski definition) is 1. The molecule has 0 rings (SSSR count). The minimum Gasteiger partial charge on any atom is -0.394 e. The molecule has 0 aromatic heterocycles. The maximum atomic E-state index is 8.46. The number of aliphatic hydroxyl groups is 1. The second-order valence-corrected chi connectivity index (χ2v) is 3.71. The molecule has 0 aliphatic heterocycles. The summed E-state index contributed by atoms with van der Waals surface area (Å²) in [7, 11) is 0. The first-order valence-corrected chi connectivity index (χ1v) is 6.51. The molecule has 106 valence electrons. The van der Waals surface area contributed by atoms with E-state index in [1.165, 1.54) is 0 Å². The van der Waals surface area contributed by atoms with Crippen molar-refractivity contribution in [2.75, 3.05) is 46.2 Å². The number of unbranched alkanes of at least 4 members (excludes halogenated alkanes) is 2. The normalized spacial score (nSPS) is 11.2. The van der Waals surface area contributed by atoms with Crippen LogP contribution in [0.25, 0.3) is 0 Å². The SMILES string of the molecule is C=CCCCC=CCOCCOCCOCCO. The van der Waals surface area contributed by atoms with Crippen molar-refractivity contribution in [2.24, 2.45) is 0 Å². The maximum Gasteiger partial charge on any atom is 0.0704 e. The molecule has 0 unspecified atom stereocenters. The molecular formula is C14H26O4. The van der Waals surface area contributed by atoms with Gasteiger partial charge < -0.3 is 19.3 Å². The Morgan fingerprint density at radius 1 is 0.833 bits per heavy atom. The minimum absolute atomic E-state index is 0.0578. The molecule has 0 spiro atoms. The Morgan fingerprint density at radius 3 is 2.17 bits per heavy atom. The van der Waals surface area contributed by atoms with Crippen molar-refractivity contribution in [3.8, 4) is 0 Å². The molecule has 0 heterocycles. The van der Waals surface area contributed by atoms with Crippen LogP contribution in [0.2, 0.25) is 0 Å². The fourth-order valence-corrected chi connectivity index (χ4v) is 1.22. The fraction of sp³-hybridized carbons (Fsp3) is 0.714. The van der Waals surface area contributed by atoms with Crippen molar-refractivity contribution < 1.29 is 19.3 Å². The van der Waals surface area contributed by atoms with Crippen LogP contribution in [0.3, 0.4) is 0 Å². The van der Waals surface area contributed by atoms with Gasteiger partial charge in [0, 0.05) is 0 Å². The Bertz CT molecular complexity index is 192. The minimum atomic E-state index is 0.0578. The number of rotatable bonds is 14. The molecule has 0 atom stereocenters. The van der Waals surface area contributed by atoms with E-state index in [0.29, 0.717) is 39.6 Å². The quantitative estimate of drug-likeness (QED) is 0.382. The highest BCUT2D eigenvalue weighted by molar-refractivity contribution is 4.82. The lowest BCUT2D eigenvalue weighted by atomic mass is 10.2. The zero-order chi connectivity index (χ0) is 13.3. The van der Waals surface area contributed by atoms with Crippen LogP contribution in [0, 0.1) is 0 Å². The van der Waals surface area contributed by atoms with Crippen LogP contribution < -0.4 is 0 Å². The van der Waals surface area contributed by atoms with Crippen molar-refractivity contribution in [2.45, 2.75) is 19.3 Å². The first-order chi connectivity index (χ1) is 8.91. The van der Waals surface area contributed by atoms with Gasteiger partial charge in [0.1, 0.15) is 0 Å². The topological polar surface area (TPSA) is 47.9 Å². The lowest BCUT2D eigenvalue weighted by Crippen LogP contribution is -2.10. The van der Waals surface area contributed by atoms with Gasteiger partial charge in [-0.2, -0.15) is 0 Å². The maximum absolute atomic E-state index is 8.46. The molecule has 4 nitrogen and oxygen atoms in total. The second kappa shape index (κ2) is 16.3. The molecule has 0 aromatic carbocycles. The molecule has 0 aromatic rings. The Kier molecular flexibility index (Phi) is 15.7. The molecule has 0 saturated carbocycles. The van der Waals surface area contributed by atoms with E-state index in [0.717, 1.165) is 19.3 Å². The first-order valence-electron chi connectivity index (χ1n) is 6.51. The van der Waals surface area contributed by atoms with Crippen LogP contribution in [0.15, 0.2) is 24.8 Å². The Balaban J connectivity index is 3.00. The lowest BCUT2D eigenvalue weighted by molar-refractivity contribution is 0.0117. The average molecular weight is 258 g/mol. The van der Waals surface area contributed by atoms with E-state index in [4.69, 9.17) is 19.3 Å². The van der Waals surface area contributed by atoms with Gasteiger partial charge in [-0.25, -0.2) is 0 Å². The highest BCUT2D eigenvalue weighted by atomic mass is 16.5. The number of hydrogen-bond acceptors (Lipinski definition) is 4. The third kappa shape index (κ3) is 15.3. The largest absolute Gasteiger partial charge is 0.394 e. The van der Waals surface area contributed by atoms with Crippen molar-refractivity contribution >= 4 is 0 Å². The van der Waals surface area contributed by atoms with Gasteiger partial charge >= 0.3 is 0 Å². The molecule has 0 radical (unpaired) electrons. The predicted molar refractivity (Wildman–Crippen MR) is 72.7 cm³/mol. The summed E-state index contributed by atoms with van der Waals surface area (Å²) in [5.41, 5.74) is 0. The van der Waals surface area contributed by atoms with Gasteiger partial charge in [-0.15, -0.1) is 6.58 Å². The second-order valence-electron chi connectivity index (χ2n) is 3.71. The van der Waals surface area contributed by atoms with Gasteiger partial charge in [0.2, 0.25) is 0 Å². The van der Waals surface area contributed by atoms with E-state index in [2.05, 4.69) is 12.7 Å². The summed E-state index contributed by atoms with van der Waals surface area (Å²) in [5, 5.41) is 8.46. The van der Waals surface area contributed by atoms with Crippen molar-refractivity contribution in [1.29, 1.82) is 0 Å². The van der Waals surface area contributed by atoms with Crippen LogP contribution in [0.4, 0.5) is 0 Å². The van der Waals surface area contributed by atoms with E-state index in [1.807, 2.05) is 12.2 Å². The summed E-state index contributed by atoms with van der Waals surface area (Å²) in [6.45, 7) is 6.97. The lowest BCUT2D eigenvalue weighted by Gasteiger charge is -2.04. The number of ether oxygens (including phenoxy) is 3. The van der Waals surface area contributed by atoms with E-state index < -0.39 is 0 Å². The monoisotopic (exact) mass is 258 g/mol. The van der Waals surface area contributed by atoms with Gasteiger partial charge in [-0.05, 0) is 19.3 Å². The Hall–Kier alpha value is -0.680. The summed E-state index contributed by atoms with van der Waals surface area (Å²) >= 11 is 0. The van der Waals surface area contributed by atoms with Crippen LogP contribution >= 0.6 is 0 Å². The molecule has 4 heteroatoms. The zero-order valence-electron chi connectivity index (χ0n) is 11.2. The molecule has 0 amide bonds.